The number of carbonyl (C=O) groups excluding carboxylic acids is 1. The molecule has 2 aliphatic rings. The van der Waals surface area contributed by atoms with Crippen molar-refractivity contribution in [3.63, 3.8) is 0 Å². The molecule has 0 bridgehead atoms. The molecule has 6 heteroatoms. The lowest BCUT2D eigenvalue weighted by atomic mass is 9.57. The van der Waals surface area contributed by atoms with Gasteiger partial charge in [0.25, 0.3) is 5.91 Å². The van der Waals surface area contributed by atoms with Gasteiger partial charge in [-0.15, -0.1) is 0 Å². The molecule has 1 saturated heterocycles. The Kier molecular flexibility index (Phi) is 4.42. The predicted octanol–water partition coefficient (Wildman–Crippen LogP) is 1.60. The van der Waals surface area contributed by atoms with Gasteiger partial charge in [-0.2, -0.15) is 5.26 Å². The number of nitrogens with zero attached hydrogens (tertiary/aromatic N) is 2. The molecule has 2 fully saturated rings. The largest absolute Gasteiger partial charge is 0.381 e. The van der Waals surface area contributed by atoms with E-state index in [-0.39, 0.29) is 23.5 Å². The van der Waals surface area contributed by atoms with Gasteiger partial charge < -0.3 is 19.4 Å². The van der Waals surface area contributed by atoms with E-state index in [9.17, 15) is 4.79 Å². The Hall–Kier alpha value is -1.84. The van der Waals surface area contributed by atoms with E-state index in [1.807, 2.05) is 6.92 Å². The van der Waals surface area contributed by atoms with Gasteiger partial charge in [-0.3, -0.25) is 4.79 Å². The number of aromatic nitrogens is 1. The minimum absolute atomic E-state index is 0.00680. The molecule has 0 aromatic carbocycles. The van der Waals surface area contributed by atoms with Crippen LogP contribution >= 0.6 is 0 Å². The van der Waals surface area contributed by atoms with Crippen LogP contribution in [0.4, 0.5) is 0 Å². The molecule has 2 atom stereocenters. The SMILES string of the molecule is CCO[C@@H]1C[C@@H](NC(=O)c2ccc(C#N)n2C)C12CCOCC2. The van der Waals surface area contributed by atoms with Crippen molar-refractivity contribution in [3.05, 3.63) is 23.5 Å². The lowest BCUT2D eigenvalue weighted by molar-refractivity contribution is -0.170. The summed E-state index contributed by atoms with van der Waals surface area (Å²) in [4.78, 5) is 12.6. The monoisotopic (exact) mass is 317 g/mol. The second kappa shape index (κ2) is 6.34. The van der Waals surface area contributed by atoms with Crippen LogP contribution in [0, 0.1) is 16.7 Å². The van der Waals surface area contributed by atoms with Crippen LogP contribution in [0.15, 0.2) is 12.1 Å². The molecule has 1 N–H and O–H groups in total. The number of hydrogen-bond donors (Lipinski definition) is 1. The van der Waals surface area contributed by atoms with Crippen molar-refractivity contribution < 1.29 is 14.3 Å². The van der Waals surface area contributed by atoms with Crippen molar-refractivity contribution in [2.45, 2.75) is 38.3 Å². The zero-order chi connectivity index (χ0) is 16.4. The van der Waals surface area contributed by atoms with E-state index in [4.69, 9.17) is 14.7 Å². The Morgan fingerprint density at radius 3 is 2.87 bits per heavy atom. The second-order valence-corrected chi connectivity index (χ2v) is 6.33. The molecule has 23 heavy (non-hydrogen) atoms. The zero-order valence-corrected chi connectivity index (χ0v) is 13.7. The van der Waals surface area contributed by atoms with E-state index < -0.39 is 0 Å². The van der Waals surface area contributed by atoms with Gasteiger partial charge in [0.2, 0.25) is 0 Å². The predicted molar refractivity (Wildman–Crippen MR) is 83.9 cm³/mol. The van der Waals surface area contributed by atoms with Gasteiger partial charge in [-0.25, -0.2) is 0 Å². The Balaban J connectivity index is 1.73. The highest BCUT2D eigenvalue weighted by molar-refractivity contribution is 5.93. The molecule has 1 aromatic heterocycles. The first-order valence-electron chi connectivity index (χ1n) is 8.18. The first kappa shape index (κ1) is 16.0. The van der Waals surface area contributed by atoms with Crippen LogP contribution in [-0.2, 0) is 16.5 Å². The smallest absolute Gasteiger partial charge is 0.268 e. The van der Waals surface area contributed by atoms with Gasteiger partial charge in [-0.1, -0.05) is 0 Å². The van der Waals surface area contributed by atoms with Crippen molar-refractivity contribution in [1.82, 2.24) is 9.88 Å². The van der Waals surface area contributed by atoms with E-state index >= 15 is 0 Å². The van der Waals surface area contributed by atoms with Gasteiger partial charge in [0.15, 0.2) is 0 Å². The summed E-state index contributed by atoms with van der Waals surface area (Å²) in [6.45, 7) is 4.14. The lowest BCUT2D eigenvalue weighted by Gasteiger charge is -2.57. The standard InChI is InChI=1S/C17H23N3O3/c1-3-23-15-10-14(17(15)6-8-22-9-7-17)19-16(21)13-5-4-12(11-18)20(13)2/h4-5,14-15H,3,6-10H2,1-2H3,(H,19,21)/t14-,15-/m1/s1. The molecule has 124 valence electrons. The number of hydrogen-bond acceptors (Lipinski definition) is 4. The first-order chi connectivity index (χ1) is 11.1. The number of nitrogens with one attached hydrogen (secondary N) is 1. The van der Waals surface area contributed by atoms with Gasteiger partial charge in [0.05, 0.1) is 6.10 Å². The molecular weight excluding hydrogens is 294 g/mol. The molecule has 6 nitrogen and oxygen atoms in total. The fourth-order valence-electron chi connectivity index (χ4n) is 3.89. The maximum Gasteiger partial charge on any atom is 0.268 e. The molecule has 1 aromatic rings. The Morgan fingerprint density at radius 2 is 2.26 bits per heavy atom. The van der Waals surface area contributed by atoms with E-state index in [0.717, 1.165) is 32.5 Å². The Bertz CT molecular complexity index is 626. The molecule has 2 heterocycles. The van der Waals surface area contributed by atoms with E-state index in [0.29, 0.717) is 18.0 Å². The molecule has 3 rings (SSSR count). The summed E-state index contributed by atoms with van der Waals surface area (Å²) in [5.74, 6) is -0.125. The first-order valence-corrected chi connectivity index (χ1v) is 8.18. The van der Waals surface area contributed by atoms with Crippen LogP contribution in [-0.4, -0.2) is 42.4 Å². The maximum absolute atomic E-state index is 12.6. The summed E-state index contributed by atoms with van der Waals surface area (Å²) >= 11 is 0. The second-order valence-electron chi connectivity index (χ2n) is 6.33. The molecular formula is C17H23N3O3. The fraction of sp³-hybridized carbons (Fsp3) is 0.647. The third-order valence-electron chi connectivity index (χ3n) is 5.35. The normalized spacial score (nSPS) is 25.6. The third-order valence-corrected chi connectivity index (χ3v) is 5.35. The van der Waals surface area contributed by atoms with Crippen LogP contribution in [0.5, 0.6) is 0 Å². The summed E-state index contributed by atoms with van der Waals surface area (Å²) < 4.78 is 13.0. The van der Waals surface area contributed by atoms with Crippen molar-refractivity contribution in [2.24, 2.45) is 12.5 Å². The number of ether oxygens (including phenoxy) is 2. The van der Waals surface area contributed by atoms with Gasteiger partial charge in [0.1, 0.15) is 17.5 Å². The van der Waals surface area contributed by atoms with Gasteiger partial charge in [0, 0.05) is 38.3 Å². The van der Waals surface area contributed by atoms with Crippen LogP contribution < -0.4 is 5.32 Å². The summed E-state index contributed by atoms with van der Waals surface area (Å²) in [6, 6.07) is 5.55. The van der Waals surface area contributed by atoms with Gasteiger partial charge in [-0.05, 0) is 38.3 Å². The molecule has 0 unspecified atom stereocenters. The fourth-order valence-corrected chi connectivity index (χ4v) is 3.89. The van der Waals surface area contributed by atoms with E-state index in [1.165, 1.54) is 0 Å². The third kappa shape index (κ3) is 2.64. The summed E-state index contributed by atoms with van der Waals surface area (Å²) in [5.41, 5.74) is 0.994. The van der Waals surface area contributed by atoms with Crippen LogP contribution in [0.3, 0.4) is 0 Å². The van der Waals surface area contributed by atoms with Crippen molar-refractivity contribution in [2.75, 3.05) is 19.8 Å². The molecule has 1 aliphatic carbocycles. The summed E-state index contributed by atoms with van der Waals surface area (Å²) in [7, 11) is 1.74. The van der Waals surface area contributed by atoms with Crippen LogP contribution in [0.2, 0.25) is 0 Å². The molecule has 0 radical (unpaired) electrons. The van der Waals surface area contributed by atoms with Gasteiger partial charge >= 0.3 is 0 Å². The van der Waals surface area contributed by atoms with Crippen molar-refractivity contribution in [3.8, 4) is 6.07 Å². The summed E-state index contributed by atoms with van der Waals surface area (Å²) in [6.07, 6.45) is 2.87. The summed E-state index contributed by atoms with van der Waals surface area (Å²) in [5, 5.41) is 12.2. The minimum atomic E-state index is -0.125. The highest BCUT2D eigenvalue weighted by atomic mass is 16.5. The van der Waals surface area contributed by atoms with Crippen LogP contribution in [0.25, 0.3) is 0 Å². The zero-order valence-electron chi connectivity index (χ0n) is 13.7. The maximum atomic E-state index is 12.6. The molecule has 1 spiro atoms. The van der Waals surface area contributed by atoms with Crippen molar-refractivity contribution >= 4 is 5.91 Å². The molecule has 1 saturated carbocycles. The van der Waals surface area contributed by atoms with Crippen LogP contribution in [0.1, 0.15) is 42.4 Å². The van der Waals surface area contributed by atoms with Crippen molar-refractivity contribution in [1.29, 1.82) is 5.26 Å². The quantitative estimate of drug-likeness (QED) is 0.915. The van der Waals surface area contributed by atoms with E-state index in [2.05, 4.69) is 11.4 Å². The highest BCUT2D eigenvalue weighted by Gasteiger charge is 2.56. The lowest BCUT2D eigenvalue weighted by Crippen LogP contribution is -2.66. The Morgan fingerprint density at radius 1 is 1.52 bits per heavy atom. The Labute approximate surface area is 136 Å². The topological polar surface area (TPSA) is 76.3 Å². The minimum Gasteiger partial charge on any atom is -0.381 e. The average molecular weight is 317 g/mol. The van der Waals surface area contributed by atoms with E-state index in [1.54, 1.807) is 23.7 Å². The number of rotatable bonds is 4. The number of amides is 1. The number of carbonyl (C=O) groups is 1. The highest BCUT2D eigenvalue weighted by Crippen LogP contribution is 2.50. The number of nitriles is 1. The molecule has 1 aliphatic heterocycles. The molecule has 1 amide bonds. The average Bonchev–Trinajstić information content (AvgIpc) is 2.95.